The van der Waals surface area contributed by atoms with Crippen LogP contribution >= 0.6 is 11.8 Å². The van der Waals surface area contributed by atoms with Crippen molar-refractivity contribution in [3.63, 3.8) is 0 Å². The van der Waals surface area contributed by atoms with Gasteiger partial charge in [-0.25, -0.2) is 0 Å². The number of unbranched alkanes of at least 4 members (excludes halogenated alkanes) is 2. The van der Waals surface area contributed by atoms with E-state index in [-0.39, 0.29) is 0 Å². The maximum Gasteiger partial charge on any atom is 0.114 e. The molecule has 0 saturated carbocycles. The lowest BCUT2D eigenvalue weighted by Gasteiger charge is -1.97. The van der Waals surface area contributed by atoms with Crippen LogP contribution in [0.15, 0.2) is 21.6 Å². The minimum Gasteiger partial charge on any atom is -0.468 e. The van der Waals surface area contributed by atoms with Crippen LogP contribution in [0.5, 0.6) is 0 Å². The predicted octanol–water partition coefficient (Wildman–Crippen LogP) is 3.37. The van der Waals surface area contributed by atoms with Crippen LogP contribution in [0.1, 0.15) is 25.0 Å². The number of thioether (sulfide) groups is 1. The van der Waals surface area contributed by atoms with Gasteiger partial charge in [0.25, 0.3) is 0 Å². The van der Waals surface area contributed by atoms with Gasteiger partial charge in [-0.15, -0.1) is 11.8 Å². The maximum absolute atomic E-state index is 8.32. The SMILES string of the molecule is Cc1occc1SCCCCC#N. The second-order valence-electron chi connectivity index (χ2n) is 2.80. The van der Waals surface area contributed by atoms with Crippen molar-refractivity contribution >= 4 is 11.8 Å². The van der Waals surface area contributed by atoms with Gasteiger partial charge in [-0.05, 0) is 31.6 Å². The van der Waals surface area contributed by atoms with E-state index in [1.165, 1.54) is 4.90 Å². The molecule has 0 amide bonds. The second kappa shape index (κ2) is 5.71. The summed E-state index contributed by atoms with van der Waals surface area (Å²) in [6.45, 7) is 1.97. The van der Waals surface area contributed by atoms with Crippen molar-refractivity contribution < 1.29 is 4.42 Å². The molecule has 0 aliphatic carbocycles. The Hall–Kier alpha value is -0.880. The highest BCUT2D eigenvalue weighted by atomic mass is 32.2. The molecule has 3 heteroatoms. The number of hydrogen-bond donors (Lipinski definition) is 0. The molecule has 0 aliphatic rings. The van der Waals surface area contributed by atoms with Gasteiger partial charge in [0.15, 0.2) is 0 Å². The summed E-state index contributed by atoms with van der Waals surface area (Å²) in [5.74, 6) is 2.06. The van der Waals surface area contributed by atoms with Crippen molar-refractivity contribution in [2.45, 2.75) is 31.1 Å². The predicted molar refractivity (Wildman–Crippen MR) is 53.6 cm³/mol. The molecule has 13 heavy (non-hydrogen) atoms. The molecule has 0 bridgehead atoms. The molecule has 1 aromatic rings. The van der Waals surface area contributed by atoms with Crippen LogP contribution in [0.3, 0.4) is 0 Å². The zero-order chi connectivity index (χ0) is 9.52. The topological polar surface area (TPSA) is 36.9 Å². The summed E-state index contributed by atoms with van der Waals surface area (Å²) in [4.78, 5) is 1.22. The third-order valence-corrected chi connectivity index (χ3v) is 2.98. The molecule has 0 saturated heterocycles. The van der Waals surface area contributed by atoms with Gasteiger partial charge in [0.2, 0.25) is 0 Å². The lowest BCUT2D eigenvalue weighted by Crippen LogP contribution is -1.80. The van der Waals surface area contributed by atoms with Gasteiger partial charge < -0.3 is 4.42 Å². The summed E-state index contributed by atoms with van der Waals surface area (Å²) < 4.78 is 5.17. The Labute approximate surface area is 82.9 Å². The molecule has 2 nitrogen and oxygen atoms in total. The molecular weight excluding hydrogens is 182 g/mol. The lowest BCUT2D eigenvalue weighted by molar-refractivity contribution is 0.527. The van der Waals surface area contributed by atoms with Crippen LogP contribution in [-0.4, -0.2) is 5.75 Å². The zero-order valence-electron chi connectivity index (χ0n) is 7.75. The van der Waals surface area contributed by atoms with E-state index in [0.717, 1.165) is 24.4 Å². The highest BCUT2D eigenvalue weighted by Crippen LogP contribution is 2.23. The molecule has 0 spiro atoms. The molecule has 0 fully saturated rings. The Morgan fingerprint density at radius 1 is 1.54 bits per heavy atom. The number of furan rings is 1. The van der Waals surface area contributed by atoms with Gasteiger partial charge >= 0.3 is 0 Å². The Balaban J connectivity index is 2.14. The molecule has 0 atom stereocenters. The monoisotopic (exact) mass is 195 g/mol. The molecule has 0 aliphatic heterocycles. The van der Waals surface area contributed by atoms with Crippen molar-refractivity contribution in [3.05, 3.63) is 18.1 Å². The van der Waals surface area contributed by atoms with Crippen LogP contribution in [0.4, 0.5) is 0 Å². The van der Waals surface area contributed by atoms with E-state index in [9.17, 15) is 0 Å². The standard InChI is InChI=1S/C10H13NOS/c1-9-10(5-7-12-9)13-8-4-2-3-6-11/h5,7H,2-4,8H2,1H3. The third kappa shape index (κ3) is 3.56. The molecule has 0 N–H and O–H groups in total. The van der Waals surface area contributed by atoms with Crippen molar-refractivity contribution in [2.24, 2.45) is 0 Å². The first kappa shape index (κ1) is 10.2. The molecule has 1 aromatic heterocycles. The maximum atomic E-state index is 8.32. The van der Waals surface area contributed by atoms with Crippen LogP contribution in [0.2, 0.25) is 0 Å². The van der Waals surface area contributed by atoms with Crippen LogP contribution < -0.4 is 0 Å². The van der Waals surface area contributed by atoms with Gasteiger partial charge in [0.05, 0.1) is 12.3 Å². The summed E-state index contributed by atoms with van der Waals surface area (Å²) in [6.07, 6.45) is 4.49. The van der Waals surface area contributed by atoms with Crippen LogP contribution in [-0.2, 0) is 0 Å². The summed E-state index contributed by atoms with van der Waals surface area (Å²) in [6, 6.07) is 4.14. The first-order valence-corrected chi connectivity index (χ1v) is 5.37. The van der Waals surface area contributed by atoms with E-state index in [1.807, 2.05) is 13.0 Å². The summed E-state index contributed by atoms with van der Waals surface area (Å²) in [5.41, 5.74) is 0. The Morgan fingerprint density at radius 2 is 2.38 bits per heavy atom. The molecule has 1 heterocycles. The van der Waals surface area contributed by atoms with E-state index in [2.05, 4.69) is 6.07 Å². The minimum absolute atomic E-state index is 0.672. The van der Waals surface area contributed by atoms with E-state index in [1.54, 1.807) is 18.0 Å². The van der Waals surface area contributed by atoms with Crippen LogP contribution in [0, 0.1) is 18.3 Å². The quantitative estimate of drug-likeness (QED) is 0.534. The highest BCUT2D eigenvalue weighted by molar-refractivity contribution is 7.99. The molecule has 0 radical (unpaired) electrons. The van der Waals surface area contributed by atoms with Crippen LogP contribution in [0.25, 0.3) is 0 Å². The summed E-state index contributed by atoms with van der Waals surface area (Å²) in [7, 11) is 0. The number of nitriles is 1. The van der Waals surface area contributed by atoms with Crippen molar-refractivity contribution in [3.8, 4) is 6.07 Å². The minimum atomic E-state index is 0.672. The molecular formula is C10H13NOS. The highest BCUT2D eigenvalue weighted by Gasteiger charge is 2.00. The van der Waals surface area contributed by atoms with Gasteiger partial charge in [-0.2, -0.15) is 5.26 Å². The molecule has 0 unspecified atom stereocenters. The van der Waals surface area contributed by atoms with E-state index < -0.39 is 0 Å². The van der Waals surface area contributed by atoms with Gasteiger partial charge in [-0.3, -0.25) is 0 Å². The number of aryl methyl sites for hydroxylation is 1. The number of hydrogen-bond acceptors (Lipinski definition) is 3. The summed E-state index contributed by atoms with van der Waals surface area (Å²) in [5, 5.41) is 8.32. The third-order valence-electron chi connectivity index (χ3n) is 1.75. The van der Waals surface area contributed by atoms with E-state index in [4.69, 9.17) is 9.68 Å². The normalized spacial score (nSPS) is 9.85. The average molecular weight is 195 g/mol. The first-order valence-electron chi connectivity index (χ1n) is 4.38. The fourth-order valence-corrected chi connectivity index (χ4v) is 1.98. The fourth-order valence-electron chi connectivity index (χ4n) is 1.01. The number of rotatable bonds is 5. The Kier molecular flexibility index (Phi) is 4.48. The second-order valence-corrected chi connectivity index (χ2v) is 3.94. The lowest BCUT2D eigenvalue weighted by atomic mass is 10.3. The summed E-state index contributed by atoms with van der Waals surface area (Å²) >= 11 is 1.80. The molecule has 70 valence electrons. The number of nitrogens with zero attached hydrogens (tertiary/aromatic N) is 1. The van der Waals surface area contributed by atoms with Crippen molar-refractivity contribution in [2.75, 3.05) is 5.75 Å². The molecule has 0 aromatic carbocycles. The smallest absolute Gasteiger partial charge is 0.114 e. The van der Waals surface area contributed by atoms with Gasteiger partial charge in [0.1, 0.15) is 5.76 Å². The van der Waals surface area contributed by atoms with E-state index in [0.29, 0.717) is 6.42 Å². The van der Waals surface area contributed by atoms with Crippen molar-refractivity contribution in [1.82, 2.24) is 0 Å². The van der Waals surface area contributed by atoms with Crippen molar-refractivity contribution in [1.29, 1.82) is 5.26 Å². The largest absolute Gasteiger partial charge is 0.468 e. The zero-order valence-corrected chi connectivity index (χ0v) is 8.56. The molecule has 1 rings (SSSR count). The van der Waals surface area contributed by atoms with Gasteiger partial charge in [-0.1, -0.05) is 0 Å². The van der Waals surface area contributed by atoms with Gasteiger partial charge in [0, 0.05) is 11.3 Å². The first-order chi connectivity index (χ1) is 6.34. The average Bonchev–Trinajstić information content (AvgIpc) is 2.52. The Bertz CT molecular complexity index is 287. The fraction of sp³-hybridized carbons (Fsp3) is 0.500. The van der Waals surface area contributed by atoms with E-state index >= 15 is 0 Å². The Morgan fingerprint density at radius 3 is 3.00 bits per heavy atom.